The van der Waals surface area contributed by atoms with E-state index < -0.39 is 17.8 Å². The largest absolute Gasteiger partial charge is 0.462 e. The lowest BCUT2D eigenvalue weighted by molar-refractivity contribution is -0.119. The van der Waals surface area contributed by atoms with Crippen molar-refractivity contribution < 1.29 is 23.9 Å². The van der Waals surface area contributed by atoms with Crippen molar-refractivity contribution in [1.29, 1.82) is 0 Å². The zero-order chi connectivity index (χ0) is 18.9. The van der Waals surface area contributed by atoms with Gasteiger partial charge in [0, 0.05) is 10.6 Å². The molecule has 1 heterocycles. The van der Waals surface area contributed by atoms with Crippen LogP contribution in [0.2, 0.25) is 0 Å². The molecule has 0 aliphatic rings. The van der Waals surface area contributed by atoms with Gasteiger partial charge in [0.1, 0.15) is 4.88 Å². The Bertz CT molecular complexity index is 766. The molecule has 0 saturated carbocycles. The highest BCUT2D eigenvalue weighted by atomic mass is 32.1. The van der Waals surface area contributed by atoms with Crippen molar-refractivity contribution in [2.24, 2.45) is 0 Å². The van der Waals surface area contributed by atoms with Crippen molar-refractivity contribution in [3.05, 3.63) is 51.7 Å². The van der Waals surface area contributed by atoms with E-state index in [1.165, 1.54) is 11.3 Å². The van der Waals surface area contributed by atoms with Crippen molar-refractivity contribution in [3.8, 4) is 0 Å². The summed E-state index contributed by atoms with van der Waals surface area (Å²) in [5.41, 5.74) is 0.918. The molecular formula is C19H21NO5S. The van der Waals surface area contributed by atoms with Crippen LogP contribution in [0.3, 0.4) is 0 Å². The lowest BCUT2D eigenvalue weighted by Gasteiger charge is -2.07. The third-order valence-corrected chi connectivity index (χ3v) is 4.39. The van der Waals surface area contributed by atoms with Gasteiger partial charge in [-0.2, -0.15) is 0 Å². The Labute approximate surface area is 156 Å². The number of esters is 2. The molecule has 7 heteroatoms. The van der Waals surface area contributed by atoms with Crippen molar-refractivity contribution in [3.63, 3.8) is 0 Å². The van der Waals surface area contributed by atoms with E-state index in [0.29, 0.717) is 22.7 Å². The molecule has 0 aliphatic carbocycles. The van der Waals surface area contributed by atoms with Crippen LogP contribution >= 0.6 is 11.3 Å². The number of aryl methyl sites for hydroxylation is 1. The van der Waals surface area contributed by atoms with Crippen LogP contribution in [0.4, 0.5) is 5.69 Å². The molecule has 0 bridgehead atoms. The number of nitrogens with one attached hydrogen (secondary N) is 1. The van der Waals surface area contributed by atoms with E-state index in [1.54, 1.807) is 30.3 Å². The molecule has 0 atom stereocenters. The smallest absolute Gasteiger partial charge is 0.348 e. The standard InChI is InChI=1S/C19H21NO5S/c1-3-4-11-24-18(22)14-6-8-15(9-7-14)20-17(21)12-25-19(23)16-10-5-13(2)26-16/h5-10H,3-4,11-12H2,1-2H3,(H,20,21). The van der Waals surface area contributed by atoms with E-state index in [4.69, 9.17) is 9.47 Å². The van der Waals surface area contributed by atoms with E-state index in [1.807, 2.05) is 19.9 Å². The maximum Gasteiger partial charge on any atom is 0.348 e. The first kappa shape index (κ1) is 19.7. The Balaban J connectivity index is 1.79. The molecule has 1 aromatic heterocycles. The monoisotopic (exact) mass is 375 g/mol. The normalized spacial score (nSPS) is 10.2. The summed E-state index contributed by atoms with van der Waals surface area (Å²) in [7, 11) is 0. The van der Waals surface area contributed by atoms with Gasteiger partial charge < -0.3 is 14.8 Å². The molecule has 138 valence electrons. The first-order chi connectivity index (χ1) is 12.5. The highest BCUT2D eigenvalue weighted by Crippen LogP contribution is 2.16. The van der Waals surface area contributed by atoms with Crippen LogP contribution in [0, 0.1) is 6.92 Å². The number of anilines is 1. The summed E-state index contributed by atoms with van der Waals surface area (Å²) >= 11 is 1.31. The van der Waals surface area contributed by atoms with Crippen LogP contribution in [0.5, 0.6) is 0 Å². The predicted molar refractivity (Wildman–Crippen MR) is 99.6 cm³/mol. The summed E-state index contributed by atoms with van der Waals surface area (Å²) in [5, 5.41) is 2.61. The molecule has 1 N–H and O–H groups in total. The fraction of sp³-hybridized carbons (Fsp3) is 0.316. The van der Waals surface area contributed by atoms with Crippen LogP contribution in [0.15, 0.2) is 36.4 Å². The fourth-order valence-electron chi connectivity index (χ4n) is 2.03. The van der Waals surface area contributed by atoms with Crippen LogP contribution in [-0.4, -0.2) is 31.1 Å². The number of benzene rings is 1. The molecule has 0 fully saturated rings. The summed E-state index contributed by atoms with van der Waals surface area (Å²) in [6, 6.07) is 9.82. The van der Waals surface area contributed by atoms with Crippen molar-refractivity contribution in [1.82, 2.24) is 0 Å². The van der Waals surface area contributed by atoms with E-state index in [-0.39, 0.29) is 6.61 Å². The van der Waals surface area contributed by atoms with Gasteiger partial charge in [-0.25, -0.2) is 9.59 Å². The first-order valence-corrected chi connectivity index (χ1v) is 9.12. The predicted octanol–water partition coefficient (Wildman–Crippen LogP) is 3.81. The lowest BCUT2D eigenvalue weighted by Crippen LogP contribution is -2.20. The third kappa shape index (κ3) is 6.00. The second kappa shape index (κ2) is 9.72. The Morgan fingerprint density at radius 1 is 1.00 bits per heavy atom. The van der Waals surface area contributed by atoms with Crippen molar-refractivity contribution >= 4 is 34.9 Å². The number of unbranched alkanes of at least 4 members (excludes halogenated alkanes) is 1. The average Bonchev–Trinajstić information content (AvgIpc) is 3.07. The van der Waals surface area contributed by atoms with E-state index >= 15 is 0 Å². The van der Waals surface area contributed by atoms with Crippen molar-refractivity contribution in [2.75, 3.05) is 18.5 Å². The summed E-state index contributed by atoms with van der Waals surface area (Å²) in [5.74, 6) is -1.37. The molecule has 0 radical (unpaired) electrons. The van der Waals surface area contributed by atoms with Crippen molar-refractivity contribution in [2.45, 2.75) is 26.7 Å². The Morgan fingerprint density at radius 2 is 1.73 bits per heavy atom. The molecule has 6 nitrogen and oxygen atoms in total. The summed E-state index contributed by atoms with van der Waals surface area (Å²) in [4.78, 5) is 36.9. The number of amides is 1. The van der Waals surface area contributed by atoms with Gasteiger partial charge in [0.05, 0.1) is 12.2 Å². The molecule has 26 heavy (non-hydrogen) atoms. The fourth-order valence-corrected chi connectivity index (χ4v) is 2.79. The van der Waals surface area contributed by atoms with Gasteiger partial charge >= 0.3 is 11.9 Å². The average molecular weight is 375 g/mol. The zero-order valence-corrected chi connectivity index (χ0v) is 15.6. The SMILES string of the molecule is CCCCOC(=O)c1ccc(NC(=O)COC(=O)c2ccc(C)s2)cc1. The highest BCUT2D eigenvalue weighted by molar-refractivity contribution is 7.13. The summed E-state index contributed by atoms with van der Waals surface area (Å²) < 4.78 is 10.1. The van der Waals surface area contributed by atoms with Gasteiger partial charge in [0.25, 0.3) is 5.91 Å². The zero-order valence-electron chi connectivity index (χ0n) is 14.7. The first-order valence-electron chi connectivity index (χ1n) is 8.30. The second-order valence-corrected chi connectivity index (χ2v) is 6.89. The molecule has 0 spiro atoms. The summed E-state index contributed by atoms with van der Waals surface area (Å²) in [6.07, 6.45) is 1.78. The number of hydrogen-bond acceptors (Lipinski definition) is 6. The second-order valence-electron chi connectivity index (χ2n) is 5.60. The maximum atomic E-state index is 11.9. The number of rotatable bonds is 8. The third-order valence-electron chi connectivity index (χ3n) is 3.41. The number of hydrogen-bond donors (Lipinski definition) is 1. The van der Waals surface area contributed by atoms with E-state index in [0.717, 1.165) is 17.7 Å². The number of carbonyl (C=O) groups excluding carboxylic acids is 3. The Hall–Kier alpha value is -2.67. The molecule has 2 aromatic rings. The molecule has 0 aliphatic heterocycles. The Kier molecular flexibility index (Phi) is 7.35. The number of thiophene rings is 1. The van der Waals surface area contributed by atoms with Crippen LogP contribution < -0.4 is 5.32 Å². The number of carbonyl (C=O) groups is 3. The maximum absolute atomic E-state index is 11.9. The van der Waals surface area contributed by atoms with Crippen LogP contribution in [0.25, 0.3) is 0 Å². The minimum absolute atomic E-state index is 0.378. The van der Waals surface area contributed by atoms with Gasteiger partial charge in [-0.3, -0.25) is 4.79 Å². The molecule has 0 unspecified atom stereocenters. The van der Waals surface area contributed by atoms with Crippen LogP contribution in [0.1, 0.15) is 44.7 Å². The van der Waals surface area contributed by atoms with Gasteiger partial charge in [-0.15, -0.1) is 11.3 Å². The lowest BCUT2D eigenvalue weighted by atomic mass is 10.2. The van der Waals surface area contributed by atoms with Gasteiger partial charge in [0.2, 0.25) is 0 Å². The quantitative estimate of drug-likeness (QED) is 0.560. The topological polar surface area (TPSA) is 81.7 Å². The molecule has 0 saturated heterocycles. The summed E-state index contributed by atoms with van der Waals surface area (Å²) in [6.45, 7) is 3.92. The van der Waals surface area contributed by atoms with E-state index in [2.05, 4.69) is 5.32 Å². The van der Waals surface area contributed by atoms with E-state index in [9.17, 15) is 14.4 Å². The van der Waals surface area contributed by atoms with Gasteiger partial charge in [0.15, 0.2) is 6.61 Å². The van der Waals surface area contributed by atoms with Gasteiger partial charge in [-0.1, -0.05) is 13.3 Å². The highest BCUT2D eigenvalue weighted by Gasteiger charge is 2.12. The van der Waals surface area contributed by atoms with Gasteiger partial charge in [-0.05, 0) is 49.7 Å². The Morgan fingerprint density at radius 3 is 2.35 bits per heavy atom. The molecular weight excluding hydrogens is 354 g/mol. The minimum atomic E-state index is -0.525. The molecule has 1 aromatic carbocycles. The minimum Gasteiger partial charge on any atom is -0.462 e. The molecule has 1 amide bonds. The number of ether oxygens (including phenoxy) is 2. The molecule has 2 rings (SSSR count). The van der Waals surface area contributed by atoms with Crippen LogP contribution in [-0.2, 0) is 14.3 Å².